The highest BCUT2D eigenvalue weighted by Gasteiger charge is 2.16. The molecule has 0 saturated carbocycles. The lowest BCUT2D eigenvalue weighted by Crippen LogP contribution is -2.31. The number of piperidine rings is 1. The first kappa shape index (κ1) is 23.7. The van der Waals surface area contributed by atoms with Crippen LogP contribution in [0.2, 0.25) is 0 Å². The summed E-state index contributed by atoms with van der Waals surface area (Å²) in [5, 5.41) is 1.34. The highest BCUT2D eigenvalue weighted by Crippen LogP contribution is 2.35. The Morgan fingerprint density at radius 2 is 1.49 bits per heavy atom. The van der Waals surface area contributed by atoms with Gasteiger partial charge in [0.25, 0.3) is 0 Å². The van der Waals surface area contributed by atoms with Crippen molar-refractivity contribution in [3.05, 3.63) is 89.0 Å². The Labute approximate surface area is 210 Å². The lowest BCUT2D eigenvalue weighted by molar-refractivity contribution is 0.205. The van der Waals surface area contributed by atoms with E-state index >= 15 is 0 Å². The lowest BCUT2D eigenvalue weighted by atomic mass is 10.0. The molecule has 0 amide bonds. The first-order valence-electron chi connectivity index (χ1n) is 13.2. The molecule has 0 spiro atoms. The molecule has 0 aliphatic carbocycles. The van der Waals surface area contributed by atoms with E-state index in [9.17, 15) is 0 Å². The van der Waals surface area contributed by atoms with Crippen LogP contribution in [0.5, 0.6) is 5.75 Å². The average molecular weight is 467 g/mol. The quantitative estimate of drug-likeness (QED) is 0.250. The molecule has 1 aromatic heterocycles. The van der Waals surface area contributed by atoms with Gasteiger partial charge in [0.1, 0.15) is 5.75 Å². The minimum atomic E-state index is 0.786. The molecule has 5 rings (SSSR count). The van der Waals surface area contributed by atoms with Gasteiger partial charge < -0.3 is 14.2 Å². The zero-order valence-corrected chi connectivity index (χ0v) is 21.5. The number of aromatic nitrogens is 1. The van der Waals surface area contributed by atoms with Crippen molar-refractivity contribution in [2.75, 3.05) is 26.2 Å². The topological polar surface area (TPSA) is 17.4 Å². The third-order valence-corrected chi connectivity index (χ3v) is 7.40. The fourth-order valence-corrected chi connectivity index (χ4v) is 5.42. The van der Waals surface area contributed by atoms with E-state index < -0.39 is 0 Å². The van der Waals surface area contributed by atoms with Gasteiger partial charge in [-0.1, -0.05) is 60.0 Å². The largest absolute Gasteiger partial charge is 0.494 e. The molecule has 182 valence electrons. The molecule has 0 unspecified atom stereocenters. The molecule has 2 heterocycles. The number of rotatable bonds is 8. The van der Waals surface area contributed by atoms with Crippen LogP contribution in [-0.4, -0.2) is 35.7 Å². The second kappa shape index (κ2) is 10.7. The van der Waals surface area contributed by atoms with E-state index in [-0.39, 0.29) is 0 Å². The first-order chi connectivity index (χ1) is 17.1. The molecular formula is C32H38N2O. The Hall–Kier alpha value is -3.04. The summed E-state index contributed by atoms with van der Waals surface area (Å²) in [6.07, 6.45) is 5.19. The lowest BCUT2D eigenvalue weighted by Gasteiger charge is -2.26. The molecule has 0 N–H and O–H groups in total. The summed E-state index contributed by atoms with van der Waals surface area (Å²) in [6, 6.07) is 24.4. The maximum atomic E-state index is 6.06. The van der Waals surface area contributed by atoms with E-state index in [1.807, 2.05) is 0 Å². The van der Waals surface area contributed by atoms with Crippen molar-refractivity contribution in [3.63, 3.8) is 0 Å². The van der Waals surface area contributed by atoms with Gasteiger partial charge in [0.05, 0.1) is 12.3 Å². The first-order valence-corrected chi connectivity index (χ1v) is 13.2. The van der Waals surface area contributed by atoms with E-state index in [1.54, 1.807) is 0 Å². The van der Waals surface area contributed by atoms with Gasteiger partial charge in [0, 0.05) is 24.0 Å². The molecule has 35 heavy (non-hydrogen) atoms. The van der Waals surface area contributed by atoms with Crippen LogP contribution in [-0.2, 0) is 6.54 Å². The number of likely N-dealkylation sites (tertiary alicyclic amines) is 1. The fourth-order valence-electron chi connectivity index (χ4n) is 5.42. The van der Waals surface area contributed by atoms with Crippen LogP contribution in [0, 0.1) is 20.8 Å². The van der Waals surface area contributed by atoms with E-state index in [1.165, 1.54) is 76.8 Å². The van der Waals surface area contributed by atoms with Gasteiger partial charge in [-0.25, -0.2) is 0 Å². The normalized spacial score (nSPS) is 14.5. The van der Waals surface area contributed by atoms with Crippen molar-refractivity contribution in [2.45, 2.75) is 53.0 Å². The van der Waals surface area contributed by atoms with Gasteiger partial charge in [0.15, 0.2) is 0 Å². The number of nitrogens with zero attached hydrogens (tertiary/aromatic N) is 2. The Morgan fingerprint density at radius 1 is 0.771 bits per heavy atom. The minimum Gasteiger partial charge on any atom is -0.494 e. The standard InChI is InChI=1S/C32H38N2O/c1-24-8-13-28(14-9-24)32-26(3)30-22-25(2)10-17-31(30)34(32)23-27-11-15-29(16-12-27)35-21-7-20-33-18-5-4-6-19-33/h8-17,22H,4-7,18-21,23H2,1-3H3. The van der Waals surface area contributed by atoms with Crippen molar-refractivity contribution in [1.29, 1.82) is 0 Å². The summed E-state index contributed by atoms with van der Waals surface area (Å²) >= 11 is 0. The Morgan fingerprint density at radius 3 is 2.23 bits per heavy atom. The summed E-state index contributed by atoms with van der Waals surface area (Å²) in [7, 11) is 0. The van der Waals surface area contributed by atoms with Crippen LogP contribution in [0.1, 0.15) is 47.9 Å². The summed E-state index contributed by atoms with van der Waals surface area (Å²) in [5.41, 5.74) is 9.10. The number of fused-ring (bicyclic) bond motifs is 1. The van der Waals surface area contributed by atoms with Gasteiger partial charge >= 0.3 is 0 Å². The fraction of sp³-hybridized carbons (Fsp3) is 0.375. The minimum absolute atomic E-state index is 0.786. The molecule has 1 aliphatic rings. The molecular weight excluding hydrogens is 428 g/mol. The van der Waals surface area contributed by atoms with Gasteiger partial charge in [-0.05, 0) is 94.1 Å². The molecule has 3 heteroatoms. The molecule has 0 bridgehead atoms. The van der Waals surface area contributed by atoms with E-state index in [0.29, 0.717) is 0 Å². The van der Waals surface area contributed by atoms with Crippen molar-refractivity contribution < 1.29 is 4.74 Å². The Kier molecular flexibility index (Phi) is 7.24. The predicted octanol–water partition coefficient (Wildman–Crippen LogP) is 7.54. The van der Waals surface area contributed by atoms with Crippen LogP contribution in [0.3, 0.4) is 0 Å². The van der Waals surface area contributed by atoms with Crippen LogP contribution in [0.25, 0.3) is 22.2 Å². The summed E-state index contributed by atoms with van der Waals surface area (Å²) in [4.78, 5) is 2.58. The van der Waals surface area contributed by atoms with Crippen LogP contribution >= 0.6 is 0 Å². The summed E-state index contributed by atoms with van der Waals surface area (Å²) < 4.78 is 8.54. The van der Waals surface area contributed by atoms with Gasteiger partial charge in [0.2, 0.25) is 0 Å². The third-order valence-electron chi connectivity index (χ3n) is 7.40. The number of hydrogen-bond donors (Lipinski definition) is 0. The maximum absolute atomic E-state index is 6.06. The van der Waals surface area contributed by atoms with Crippen molar-refractivity contribution >= 4 is 10.9 Å². The molecule has 1 aliphatic heterocycles. The second-order valence-electron chi connectivity index (χ2n) is 10.2. The summed E-state index contributed by atoms with van der Waals surface area (Å²) in [6.45, 7) is 11.9. The van der Waals surface area contributed by atoms with Crippen molar-refractivity contribution in [1.82, 2.24) is 9.47 Å². The van der Waals surface area contributed by atoms with Crippen LogP contribution in [0.4, 0.5) is 0 Å². The van der Waals surface area contributed by atoms with Crippen LogP contribution in [0.15, 0.2) is 66.7 Å². The highest BCUT2D eigenvalue weighted by atomic mass is 16.5. The second-order valence-corrected chi connectivity index (χ2v) is 10.2. The number of hydrogen-bond acceptors (Lipinski definition) is 2. The molecule has 1 saturated heterocycles. The van der Waals surface area contributed by atoms with Gasteiger partial charge in [-0.15, -0.1) is 0 Å². The van der Waals surface area contributed by atoms with Gasteiger partial charge in [-0.3, -0.25) is 0 Å². The average Bonchev–Trinajstić information content (AvgIpc) is 3.14. The maximum Gasteiger partial charge on any atom is 0.119 e. The van der Waals surface area contributed by atoms with E-state index in [0.717, 1.165) is 31.9 Å². The number of benzene rings is 3. The zero-order chi connectivity index (χ0) is 24.2. The summed E-state index contributed by atoms with van der Waals surface area (Å²) in [5.74, 6) is 0.968. The number of ether oxygens (including phenoxy) is 1. The van der Waals surface area contributed by atoms with E-state index in [4.69, 9.17) is 4.74 Å². The third kappa shape index (κ3) is 5.46. The molecule has 1 fully saturated rings. The predicted molar refractivity (Wildman–Crippen MR) is 148 cm³/mol. The van der Waals surface area contributed by atoms with Gasteiger partial charge in [-0.2, -0.15) is 0 Å². The van der Waals surface area contributed by atoms with Crippen molar-refractivity contribution in [3.8, 4) is 17.0 Å². The molecule has 0 atom stereocenters. The molecule has 3 aromatic carbocycles. The SMILES string of the molecule is Cc1ccc(-c2c(C)c3cc(C)ccc3n2Cc2ccc(OCCCN3CCCCC3)cc2)cc1. The van der Waals surface area contributed by atoms with E-state index in [2.05, 4.69) is 97.0 Å². The molecule has 3 nitrogen and oxygen atoms in total. The van der Waals surface area contributed by atoms with Crippen molar-refractivity contribution in [2.24, 2.45) is 0 Å². The monoisotopic (exact) mass is 466 g/mol. The zero-order valence-electron chi connectivity index (χ0n) is 21.5. The van der Waals surface area contributed by atoms with Crippen LogP contribution < -0.4 is 4.74 Å². The molecule has 4 aromatic rings. The number of aryl methyl sites for hydroxylation is 3. The molecule has 0 radical (unpaired) electrons. The Balaban J connectivity index is 1.32. The smallest absolute Gasteiger partial charge is 0.119 e. The Bertz CT molecular complexity index is 1260. The highest BCUT2D eigenvalue weighted by molar-refractivity contribution is 5.92.